The number of ether oxygens (including phenoxy) is 2. The zero-order chi connectivity index (χ0) is 22.0. The highest BCUT2D eigenvalue weighted by atomic mass is 79.9. The van der Waals surface area contributed by atoms with E-state index in [0.29, 0.717) is 51.6 Å². The molecule has 154 valence electrons. The van der Waals surface area contributed by atoms with Crippen LogP contribution in [0.3, 0.4) is 0 Å². The first-order valence-electron chi connectivity index (χ1n) is 8.53. The molecule has 0 aliphatic carbocycles. The summed E-state index contributed by atoms with van der Waals surface area (Å²) in [4.78, 5) is 26.5. The number of ketones is 2. The van der Waals surface area contributed by atoms with Gasteiger partial charge < -0.3 is 9.47 Å². The summed E-state index contributed by atoms with van der Waals surface area (Å²) in [6.45, 7) is 0. The minimum atomic E-state index is -0.269. The van der Waals surface area contributed by atoms with Crippen LogP contribution < -0.4 is 9.47 Å². The first-order chi connectivity index (χ1) is 14.3. The van der Waals surface area contributed by atoms with Gasteiger partial charge in [0.25, 0.3) is 0 Å². The molecule has 30 heavy (non-hydrogen) atoms. The van der Waals surface area contributed by atoms with Gasteiger partial charge in [-0.1, -0.05) is 24.3 Å². The van der Waals surface area contributed by atoms with Crippen molar-refractivity contribution in [3.05, 3.63) is 88.7 Å². The summed E-state index contributed by atoms with van der Waals surface area (Å²) < 4.78 is 13.1. The molecule has 3 rings (SSSR count). The molecule has 0 aliphatic rings. The zero-order valence-electron chi connectivity index (χ0n) is 15.8. The predicted octanol–water partition coefficient (Wildman–Crippen LogP) is 7.22. The largest absolute Gasteiger partial charge is 0.494 e. The molecule has 3 aromatic rings. The maximum Gasteiger partial charge on any atom is 0.193 e. The number of carbonyl (C=O) groups excluding carboxylic acids is 2. The summed E-state index contributed by atoms with van der Waals surface area (Å²) in [6.07, 6.45) is 0. The van der Waals surface area contributed by atoms with Gasteiger partial charge in [0.1, 0.15) is 11.5 Å². The van der Waals surface area contributed by atoms with Gasteiger partial charge in [0.05, 0.1) is 32.1 Å². The van der Waals surface area contributed by atoms with E-state index in [-0.39, 0.29) is 11.6 Å². The fraction of sp³-hybridized carbons (Fsp3) is 0.0909. The molecule has 0 saturated carbocycles. The van der Waals surface area contributed by atoms with E-state index in [2.05, 4.69) is 63.7 Å². The van der Waals surface area contributed by atoms with E-state index in [4.69, 9.17) is 9.47 Å². The van der Waals surface area contributed by atoms with Gasteiger partial charge in [-0.05, 0) is 88.0 Å². The zero-order valence-corrected chi connectivity index (χ0v) is 22.1. The van der Waals surface area contributed by atoms with Crippen molar-refractivity contribution in [3.8, 4) is 11.5 Å². The van der Waals surface area contributed by atoms with Crippen LogP contribution in [0.25, 0.3) is 0 Å². The summed E-state index contributed by atoms with van der Waals surface area (Å²) in [5, 5.41) is 0. The van der Waals surface area contributed by atoms with Crippen LogP contribution in [-0.4, -0.2) is 25.8 Å². The Bertz CT molecular complexity index is 1020. The van der Waals surface area contributed by atoms with Crippen LogP contribution >= 0.6 is 63.7 Å². The van der Waals surface area contributed by atoms with Crippen LogP contribution in [0.4, 0.5) is 0 Å². The highest BCUT2D eigenvalue weighted by molar-refractivity contribution is 9.11. The second-order valence-corrected chi connectivity index (χ2v) is 9.57. The number of hydrogen-bond donors (Lipinski definition) is 0. The van der Waals surface area contributed by atoms with Gasteiger partial charge in [0.2, 0.25) is 0 Å². The fourth-order valence-electron chi connectivity index (χ4n) is 2.96. The van der Waals surface area contributed by atoms with Gasteiger partial charge in [-0.2, -0.15) is 0 Å². The smallest absolute Gasteiger partial charge is 0.193 e. The monoisotopic (exact) mass is 658 g/mol. The lowest BCUT2D eigenvalue weighted by molar-refractivity contribution is 0.100. The van der Waals surface area contributed by atoms with E-state index in [0.717, 1.165) is 0 Å². The van der Waals surface area contributed by atoms with Crippen LogP contribution in [0.2, 0.25) is 0 Å². The average Bonchev–Trinajstić information content (AvgIpc) is 2.72. The summed E-state index contributed by atoms with van der Waals surface area (Å²) in [7, 11) is 3.09. The molecule has 4 nitrogen and oxygen atoms in total. The Kier molecular flexibility index (Phi) is 7.55. The molecular weight excluding hydrogens is 648 g/mol. The van der Waals surface area contributed by atoms with Crippen molar-refractivity contribution in [2.24, 2.45) is 0 Å². The molecule has 0 aromatic heterocycles. The second-order valence-electron chi connectivity index (χ2n) is 6.15. The Balaban J connectivity index is 2.07. The minimum absolute atomic E-state index is 0.269. The predicted molar refractivity (Wildman–Crippen MR) is 130 cm³/mol. The van der Waals surface area contributed by atoms with E-state index < -0.39 is 0 Å². The SMILES string of the molecule is COc1c(Br)cc(C(=O)c2ccccc2C(=O)c2cc(Br)c(OC)c(Br)c2)cc1Br. The van der Waals surface area contributed by atoms with E-state index in [1.54, 1.807) is 62.8 Å². The number of rotatable bonds is 6. The van der Waals surface area contributed by atoms with Crippen LogP contribution in [0.15, 0.2) is 66.4 Å². The fourth-order valence-corrected chi connectivity index (χ4v) is 5.98. The molecule has 0 bridgehead atoms. The van der Waals surface area contributed by atoms with Gasteiger partial charge >= 0.3 is 0 Å². The molecule has 0 radical (unpaired) electrons. The third kappa shape index (κ3) is 4.56. The Morgan fingerprint density at radius 3 is 1.20 bits per heavy atom. The number of benzene rings is 3. The van der Waals surface area contributed by atoms with Gasteiger partial charge in [-0.25, -0.2) is 0 Å². The lowest BCUT2D eigenvalue weighted by Crippen LogP contribution is -2.11. The van der Waals surface area contributed by atoms with E-state index in [9.17, 15) is 9.59 Å². The second kappa shape index (κ2) is 9.77. The number of carbonyl (C=O) groups is 2. The van der Waals surface area contributed by atoms with Gasteiger partial charge in [0, 0.05) is 22.3 Å². The summed E-state index contributed by atoms with van der Waals surface area (Å²) in [5.74, 6) is 0.636. The van der Waals surface area contributed by atoms with Crippen molar-refractivity contribution in [1.82, 2.24) is 0 Å². The molecule has 0 N–H and O–H groups in total. The topological polar surface area (TPSA) is 52.6 Å². The van der Waals surface area contributed by atoms with E-state index in [1.165, 1.54) is 0 Å². The van der Waals surface area contributed by atoms with Gasteiger partial charge in [0.15, 0.2) is 11.6 Å². The third-order valence-corrected chi connectivity index (χ3v) is 6.70. The molecule has 0 saturated heterocycles. The first-order valence-corrected chi connectivity index (χ1v) is 11.7. The van der Waals surface area contributed by atoms with Crippen molar-refractivity contribution in [2.75, 3.05) is 14.2 Å². The van der Waals surface area contributed by atoms with Crippen LogP contribution in [0, 0.1) is 0 Å². The van der Waals surface area contributed by atoms with Crippen LogP contribution in [0.1, 0.15) is 31.8 Å². The lowest BCUT2D eigenvalue weighted by atomic mass is 9.93. The average molecular weight is 662 g/mol. The molecule has 0 aliphatic heterocycles. The van der Waals surface area contributed by atoms with Crippen molar-refractivity contribution in [2.45, 2.75) is 0 Å². The molecule has 0 atom stereocenters. The van der Waals surface area contributed by atoms with Crippen molar-refractivity contribution in [1.29, 1.82) is 0 Å². The molecular formula is C22H14Br4O4. The van der Waals surface area contributed by atoms with E-state index >= 15 is 0 Å². The molecule has 0 fully saturated rings. The quantitative estimate of drug-likeness (QED) is 0.262. The minimum Gasteiger partial charge on any atom is -0.494 e. The molecule has 0 unspecified atom stereocenters. The Hall–Kier alpha value is -1.48. The molecule has 3 aromatic carbocycles. The summed E-state index contributed by atoms with van der Waals surface area (Å²) in [6, 6.07) is 13.5. The van der Waals surface area contributed by atoms with Gasteiger partial charge in [-0.3, -0.25) is 9.59 Å². The maximum atomic E-state index is 13.3. The molecule has 0 amide bonds. The van der Waals surface area contributed by atoms with E-state index in [1.807, 2.05) is 0 Å². The highest BCUT2D eigenvalue weighted by Crippen LogP contribution is 2.37. The Morgan fingerprint density at radius 1 is 0.633 bits per heavy atom. The van der Waals surface area contributed by atoms with Crippen molar-refractivity contribution >= 4 is 75.3 Å². The molecule has 0 heterocycles. The third-order valence-electron chi connectivity index (χ3n) is 4.35. The first kappa shape index (κ1) is 23.2. The Morgan fingerprint density at radius 2 is 0.933 bits per heavy atom. The molecule has 0 spiro atoms. The van der Waals surface area contributed by atoms with Crippen LogP contribution in [-0.2, 0) is 0 Å². The summed E-state index contributed by atoms with van der Waals surface area (Å²) in [5.41, 5.74) is 1.47. The van der Waals surface area contributed by atoms with Crippen molar-refractivity contribution in [3.63, 3.8) is 0 Å². The van der Waals surface area contributed by atoms with Gasteiger partial charge in [-0.15, -0.1) is 0 Å². The number of hydrogen-bond acceptors (Lipinski definition) is 4. The lowest BCUT2D eigenvalue weighted by Gasteiger charge is -2.12. The number of halogens is 4. The Labute approximate surface area is 207 Å². The van der Waals surface area contributed by atoms with Crippen LogP contribution in [0.5, 0.6) is 11.5 Å². The standard InChI is InChI=1S/C22H14Br4O4/c1-29-21-15(23)7-11(8-16(21)24)19(27)13-5-3-4-6-14(13)20(28)12-9-17(25)22(30-2)18(26)10-12/h3-10H,1-2H3. The molecule has 8 heteroatoms. The van der Waals surface area contributed by atoms with Crippen molar-refractivity contribution < 1.29 is 19.1 Å². The normalized spacial score (nSPS) is 10.6. The number of methoxy groups -OCH3 is 2. The maximum absolute atomic E-state index is 13.3. The summed E-state index contributed by atoms with van der Waals surface area (Å²) >= 11 is 13.7. The highest BCUT2D eigenvalue weighted by Gasteiger charge is 2.22.